The Kier molecular flexibility index (Phi) is 5.82. The van der Waals surface area contributed by atoms with Crippen molar-refractivity contribution in [1.82, 2.24) is 10.2 Å². The fourth-order valence-electron chi connectivity index (χ4n) is 3.38. The summed E-state index contributed by atoms with van der Waals surface area (Å²) in [6, 6.07) is 5.20. The molecule has 0 amide bonds. The molecule has 1 fully saturated rings. The van der Waals surface area contributed by atoms with Gasteiger partial charge in [0.05, 0.1) is 0 Å². The molecule has 2 rings (SSSR count). The largest absolute Gasteiger partial charge is 0.319 e. The van der Waals surface area contributed by atoms with E-state index in [0.29, 0.717) is 10.9 Å². The summed E-state index contributed by atoms with van der Waals surface area (Å²) < 4.78 is 13.7. The van der Waals surface area contributed by atoms with E-state index in [2.05, 4.69) is 17.1 Å². The van der Waals surface area contributed by atoms with Crippen LogP contribution in [0.2, 0.25) is 5.02 Å². The Labute approximate surface area is 126 Å². The Bertz CT molecular complexity index is 418. The summed E-state index contributed by atoms with van der Waals surface area (Å²) in [4.78, 5) is 2.46. The molecule has 1 aliphatic heterocycles. The van der Waals surface area contributed by atoms with Crippen molar-refractivity contribution >= 4 is 11.6 Å². The Hall–Kier alpha value is -0.640. The monoisotopic (exact) mass is 298 g/mol. The third-order valence-electron chi connectivity index (χ3n) is 4.21. The molecule has 1 aliphatic rings. The van der Waals surface area contributed by atoms with Gasteiger partial charge in [-0.1, -0.05) is 24.9 Å². The van der Waals surface area contributed by atoms with Crippen LogP contribution in [0.1, 0.15) is 37.8 Å². The molecule has 0 bridgehead atoms. The fourth-order valence-corrected chi connectivity index (χ4v) is 3.61. The molecule has 1 heterocycles. The maximum atomic E-state index is 13.7. The van der Waals surface area contributed by atoms with Crippen molar-refractivity contribution in [2.75, 3.05) is 26.7 Å². The van der Waals surface area contributed by atoms with Crippen LogP contribution in [0.25, 0.3) is 0 Å². The van der Waals surface area contributed by atoms with Crippen LogP contribution in [0, 0.1) is 11.7 Å². The molecule has 4 heteroatoms. The van der Waals surface area contributed by atoms with E-state index in [1.54, 1.807) is 6.07 Å². The van der Waals surface area contributed by atoms with Gasteiger partial charge in [0, 0.05) is 11.1 Å². The van der Waals surface area contributed by atoms with E-state index in [1.165, 1.54) is 25.3 Å². The lowest BCUT2D eigenvalue weighted by molar-refractivity contribution is 0.162. The van der Waals surface area contributed by atoms with Crippen molar-refractivity contribution in [1.29, 1.82) is 0 Å². The standard InChI is InChI=1S/C16H24ClFN2/c1-3-20-7-5-4-6-12(11-19-2)16(20)13-8-14(17)10-15(18)9-13/h8-10,12,16,19H,3-7,11H2,1-2H3. The quantitative estimate of drug-likeness (QED) is 0.908. The van der Waals surface area contributed by atoms with Crippen LogP contribution in [-0.4, -0.2) is 31.6 Å². The maximum absolute atomic E-state index is 13.7. The van der Waals surface area contributed by atoms with Gasteiger partial charge in [-0.05, 0) is 69.2 Å². The van der Waals surface area contributed by atoms with E-state index >= 15 is 0 Å². The van der Waals surface area contributed by atoms with Crippen LogP contribution >= 0.6 is 11.6 Å². The number of hydrogen-bond acceptors (Lipinski definition) is 2. The van der Waals surface area contributed by atoms with Crippen molar-refractivity contribution in [3.05, 3.63) is 34.6 Å². The molecular formula is C16H24ClFN2. The van der Waals surface area contributed by atoms with Crippen molar-refractivity contribution < 1.29 is 4.39 Å². The highest BCUT2D eigenvalue weighted by atomic mass is 35.5. The zero-order valence-electron chi connectivity index (χ0n) is 12.3. The lowest BCUT2D eigenvalue weighted by Crippen LogP contribution is -2.36. The van der Waals surface area contributed by atoms with Gasteiger partial charge in [0.25, 0.3) is 0 Å². The van der Waals surface area contributed by atoms with Gasteiger partial charge in [0.1, 0.15) is 5.82 Å². The second-order valence-electron chi connectivity index (χ2n) is 5.59. The van der Waals surface area contributed by atoms with Crippen molar-refractivity contribution in [2.24, 2.45) is 5.92 Å². The molecule has 0 aliphatic carbocycles. The summed E-state index contributed by atoms with van der Waals surface area (Å²) in [5.74, 6) is 0.260. The number of halogens is 2. The molecule has 0 saturated carbocycles. The van der Waals surface area contributed by atoms with Gasteiger partial charge in [-0.15, -0.1) is 0 Å². The third kappa shape index (κ3) is 3.72. The van der Waals surface area contributed by atoms with E-state index in [-0.39, 0.29) is 11.9 Å². The molecule has 2 atom stereocenters. The third-order valence-corrected chi connectivity index (χ3v) is 4.43. The topological polar surface area (TPSA) is 15.3 Å². The predicted molar refractivity (Wildman–Crippen MR) is 82.7 cm³/mol. The number of likely N-dealkylation sites (tertiary alicyclic amines) is 1. The summed E-state index contributed by atoms with van der Waals surface area (Å²) in [6.07, 6.45) is 3.63. The van der Waals surface area contributed by atoms with E-state index in [9.17, 15) is 4.39 Å². The van der Waals surface area contributed by atoms with Crippen LogP contribution in [0.15, 0.2) is 18.2 Å². The molecule has 2 unspecified atom stereocenters. The first-order valence-electron chi connectivity index (χ1n) is 7.50. The number of rotatable bonds is 4. The van der Waals surface area contributed by atoms with Gasteiger partial charge in [0.15, 0.2) is 0 Å². The highest BCUT2D eigenvalue weighted by Crippen LogP contribution is 2.36. The zero-order chi connectivity index (χ0) is 14.5. The molecule has 1 N–H and O–H groups in total. The van der Waals surface area contributed by atoms with E-state index in [1.807, 2.05) is 13.1 Å². The number of benzene rings is 1. The predicted octanol–water partition coefficient (Wildman–Crippen LogP) is 3.86. The molecule has 112 valence electrons. The zero-order valence-corrected chi connectivity index (χ0v) is 13.1. The van der Waals surface area contributed by atoms with Gasteiger partial charge < -0.3 is 5.32 Å². The summed E-state index contributed by atoms with van der Waals surface area (Å²) in [6.45, 7) is 5.19. The highest BCUT2D eigenvalue weighted by molar-refractivity contribution is 6.30. The Balaban J connectivity index is 2.37. The molecular weight excluding hydrogens is 275 g/mol. The van der Waals surface area contributed by atoms with Gasteiger partial charge in [0.2, 0.25) is 0 Å². The average Bonchev–Trinajstić information content (AvgIpc) is 2.60. The Morgan fingerprint density at radius 2 is 2.15 bits per heavy atom. The Morgan fingerprint density at radius 1 is 1.35 bits per heavy atom. The summed E-state index contributed by atoms with van der Waals surface area (Å²) in [5.41, 5.74) is 1.01. The lowest BCUT2D eigenvalue weighted by atomic mass is 9.89. The summed E-state index contributed by atoms with van der Waals surface area (Å²) >= 11 is 6.05. The van der Waals surface area contributed by atoms with E-state index in [0.717, 1.165) is 25.2 Å². The minimum atomic E-state index is -0.240. The Morgan fingerprint density at radius 3 is 2.80 bits per heavy atom. The number of nitrogens with one attached hydrogen (secondary N) is 1. The van der Waals surface area contributed by atoms with Crippen molar-refractivity contribution in [2.45, 2.75) is 32.2 Å². The summed E-state index contributed by atoms with van der Waals surface area (Å²) in [5, 5.41) is 3.77. The van der Waals surface area contributed by atoms with Crippen LogP contribution in [0.3, 0.4) is 0 Å². The van der Waals surface area contributed by atoms with Crippen molar-refractivity contribution in [3.8, 4) is 0 Å². The van der Waals surface area contributed by atoms with Crippen LogP contribution < -0.4 is 5.32 Å². The first-order chi connectivity index (χ1) is 9.65. The van der Waals surface area contributed by atoms with Crippen LogP contribution in [0.4, 0.5) is 4.39 Å². The smallest absolute Gasteiger partial charge is 0.125 e. The van der Waals surface area contributed by atoms with Gasteiger partial charge >= 0.3 is 0 Å². The SMILES string of the molecule is CCN1CCCCC(CNC)C1c1cc(F)cc(Cl)c1. The minimum Gasteiger partial charge on any atom is -0.319 e. The number of hydrogen-bond donors (Lipinski definition) is 1. The molecule has 2 nitrogen and oxygen atoms in total. The second kappa shape index (κ2) is 7.39. The fraction of sp³-hybridized carbons (Fsp3) is 0.625. The summed E-state index contributed by atoms with van der Waals surface area (Å²) in [7, 11) is 1.98. The first kappa shape index (κ1) is 15.7. The molecule has 1 aromatic rings. The molecule has 0 spiro atoms. The molecule has 20 heavy (non-hydrogen) atoms. The van der Waals surface area contributed by atoms with Crippen molar-refractivity contribution in [3.63, 3.8) is 0 Å². The van der Waals surface area contributed by atoms with Gasteiger partial charge in [-0.2, -0.15) is 0 Å². The van der Waals surface area contributed by atoms with Crippen LogP contribution in [-0.2, 0) is 0 Å². The van der Waals surface area contributed by atoms with E-state index in [4.69, 9.17) is 11.6 Å². The lowest BCUT2D eigenvalue weighted by Gasteiger charge is -2.35. The number of nitrogens with zero attached hydrogens (tertiary/aromatic N) is 1. The van der Waals surface area contributed by atoms with Gasteiger partial charge in [-0.25, -0.2) is 4.39 Å². The average molecular weight is 299 g/mol. The van der Waals surface area contributed by atoms with Gasteiger partial charge in [-0.3, -0.25) is 4.90 Å². The molecule has 1 saturated heterocycles. The van der Waals surface area contributed by atoms with Crippen LogP contribution in [0.5, 0.6) is 0 Å². The first-order valence-corrected chi connectivity index (χ1v) is 7.88. The molecule has 0 aromatic heterocycles. The molecule has 1 aromatic carbocycles. The maximum Gasteiger partial charge on any atom is 0.125 e. The normalized spacial score (nSPS) is 24.6. The molecule has 0 radical (unpaired) electrons. The second-order valence-corrected chi connectivity index (χ2v) is 6.03. The van der Waals surface area contributed by atoms with E-state index < -0.39 is 0 Å². The minimum absolute atomic E-state index is 0.240. The highest BCUT2D eigenvalue weighted by Gasteiger charge is 2.30.